The molecule has 0 amide bonds. The molecule has 0 aliphatic heterocycles. The minimum Gasteiger partial charge on any atom is -0.493 e. The van der Waals surface area contributed by atoms with E-state index < -0.39 is 0 Å². The van der Waals surface area contributed by atoms with Gasteiger partial charge in [-0.05, 0) is 55.0 Å². The minimum absolute atomic E-state index is 0.209. The maximum atomic E-state index is 13.3. The molecule has 6 nitrogen and oxygen atoms in total. The van der Waals surface area contributed by atoms with Crippen LogP contribution in [0.5, 0.6) is 17.2 Å². The first-order valence-electron chi connectivity index (χ1n) is 9.97. The highest BCUT2D eigenvalue weighted by atomic mass is 35.5. The Kier molecular flexibility index (Phi) is 6.56. The second kappa shape index (κ2) is 9.70. The summed E-state index contributed by atoms with van der Waals surface area (Å²) >= 11 is 6.41. The first-order valence-corrected chi connectivity index (χ1v) is 10.3. The van der Waals surface area contributed by atoms with E-state index in [4.69, 9.17) is 25.8 Å². The van der Waals surface area contributed by atoms with E-state index in [1.807, 2.05) is 25.1 Å². The Morgan fingerprint density at radius 2 is 1.88 bits per heavy atom. The molecule has 1 aromatic heterocycles. The number of anilines is 2. The van der Waals surface area contributed by atoms with Crippen LogP contribution in [-0.4, -0.2) is 23.9 Å². The first-order chi connectivity index (χ1) is 15.6. The van der Waals surface area contributed by atoms with Crippen molar-refractivity contribution < 1.29 is 18.6 Å². The Morgan fingerprint density at radius 3 is 2.62 bits per heavy atom. The zero-order valence-corrected chi connectivity index (χ0v) is 18.3. The molecule has 4 aromatic rings. The number of ether oxygens (including phenoxy) is 3. The molecular formula is C24H21ClFN3O3. The van der Waals surface area contributed by atoms with Crippen molar-refractivity contribution in [3.63, 3.8) is 0 Å². The van der Waals surface area contributed by atoms with E-state index in [0.717, 1.165) is 16.3 Å². The molecule has 0 spiro atoms. The van der Waals surface area contributed by atoms with Crippen LogP contribution in [0.25, 0.3) is 10.8 Å². The van der Waals surface area contributed by atoms with Gasteiger partial charge in [0.2, 0.25) is 0 Å². The predicted octanol–water partition coefficient (Wildman–Crippen LogP) is 6.15. The Morgan fingerprint density at radius 1 is 1.00 bits per heavy atom. The Labute approximate surface area is 189 Å². The standard InChI is InChI=1S/C24H21ClFN3O3/c1-3-31-23-12-19-16(10-22(23)30-2)13-27-29-24(19)28-18-7-8-21(20(25)11-18)32-14-15-5-4-6-17(26)9-15/h4-13H,3,14H2,1-2H3,(H,28,29). The van der Waals surface area contributed by atoms with Crippen LogP contribution in [0.4, 0.5) is 15.9 Å². The fourth-order valence-corrected chi connectivity index (χ4v) is 3.47. The van der Waals surface area contributed by atoms with E-state index in [2.05, 4.69) is 15.5 Å². The highest BCUT2D eigenvalue weighted by Gasteiger charge is 2.12. The summed E-state index contributed by atoms with van der Waals surface area (Å²) in [5.74, 6) is 1.99. The molecule has 0 atom stereocenters. The number of hydrogen-bond donors (Lipinski definition) is 1. The lowest BCUT2D eigenvalue weighted by Gasteiger charge is -2.14. The van der Waals surface area contributed by atoms with E-state index in [1.165, 1.54) is 12.1 Å². The van der Waals surface area contributed by atoms with E-state index in [0.29, 0.717) is 40.4 Å². The molecule has 0 aliphatic carbocycles. The second-order valence-electron chi connectivity index (χ2n) is 6.91. The second-order valence-corrected chi connectivity index (χ2v) is 7.31. The molecule has 0 radical (unpaired) electrons. The van der Waals surface area contributed by atoms with Crippen LogP contribution < -0.4 is 19.5 Å². The molecule has 1 heterocycles. The molecule has 0 saturated heterocycles. The van der Waals surface area contributed by atoms with Crippen LogP contribution in [0, 0.1) is 5.82 Å². The molecule has 0 fully saturated rings. The van der Waals surface area contributed by atoms with Gasteiger partial charge in [0.1, 0.15) is 18.2 Å². The van der Waals surface area contributed by atoms with Gasteiger partial charge in [-0.3, -0.25) is 0 Å². The Balaban J connectivity index is 1.56. The number of hydrogen-bond acceptors (Lipinski definition) is 6. The zero-order valence-electron chi connectivity index (χ0n) is 17.6. The van der Waals surface area contributed by atoms with Gasteiger partial charge < -0.3 is 19.5 Å². The molecule has 0 aliphatic rings. The lowest BCUT2D eigenvalue weighted by atomic mass is 10.1. The van der Waals surface area contributed by atoms with E-state index in [-0.39, 0.29) is 12.4 Å². The fraction of sp³-hybridized carbons (Fsp3) is 0.167. The number of fused-ring (bicyclic) bond motifs is 1. The number of nitrogens with one attached hydrogen (secondary N) is 1. The predicted molar refractivity (Wildman–Crippen MR) is 123 cm³/mol. The van der Waals surface area contributed by atoms with Crippen molar-refractivity contribution in [2.75, 3.05) is 19.0 Å². The van der Waals surface area contributed by atoms with Gasteiger partial charge in [-0.1, -0.05) is 23.7 Å². The molecule has 1 N–H and O–H groups in total. The van der Waals surface area contributed by atoms with Crippen molar-refractivity contribution in [1.82, 2.24) is 10.2 Å². The van der Waals surface area contributed by atoms with Crippen molar-refractivity contribution in [3.8, 4) is 17.2 Å². The van der Waals surface area contributed by atoms with E-state index >= 15 is 0 Å². The highest BCUT2D eigenvalue weighted by molar-refractivity contribution is 6.32. The van der Waals surface area contributed by atoms with Crippen LogP contribution in [0.15, 0.2) is 60.8 Å². The molecule has 0 unspecified atom stereocenters. The van der Waals surface area contributed by atoms with E-state index in [9.17, 15) is 4.39 Å². The number of nitrogens with zero attached hydrogens (tertiary/aromatic N) is 2. The van der Waals surface area contributed by atoms with Crippen molar-refractivity contribution >= 4 is 33.9 Å². The van der Waals surface area contributed by atoms with Gasteiger partial charge in [-0.2, -0.15) is 5.10 Å². The van der Waals surface area contributed by atoms with Crippen LogP contribution >= 0.6 is 11.6 Å². The van der Waals surface area contributed by atoms with Gasteiger partial charge in [0.05, 0.1) is 24.9 Å². The molecule has 3 aromatic carbocycles. The lowest BCUT2D eigenvalue weighted by molar-refractivity contribution is 0.306. The molecule has 32 heavy (non-hydrogen) atoms. The number of aromatic nitrogens is 2. The third-order valence-electron chi connectivity index (χ3n) is 4.72. The molecule has 8 heteroatoms. The summed E-state index contributed by atoms with van der Waals surface area (Å²) in [6.45, 7) is 2.63. The lowest BCUT2D eigenvalue weighted by Crippen LogP contribution is -2.00. The van der Waals surface area contributed by atoms with Crippen LogP contribution in [0.2, 0.25) is 5.02 Å². The fourth-order valence-electron chi connectivity index (χ4n) is 3.23. The number of methoxy groups -OCH3 is 1. The summed E-state index contributed by atoms with van der Waals surface area (Å²) in [5, 5.41) is 13.6. The molecule has 0 saturated carbocycles. The monoisotopic (exact) mass is 453 g/mol. The average Bonchev–Trinajstić information content (AvgIpc) is 2.79. The van der Waals surface area contributed by atoms with Crippen molar-refractivity contribution in [2.45, 2.75) is 13.5 Å². The average molecular weight is 454 g/mol. The number of rotatable bonds is 8. The summed E-state index contributed by atoms with van der Waals surface area (Å²) in [6, 6.07) is 15.3. The Hall–Kier alpha value is -3.58. The van der Waals surface area contributed by atoms with Gasteiger partial charge in [0, 0.05) is 16.5 Å². The van der Waals surface area contributed by atoms with Gasteiger partial charge in [0.15, 0.2) is 17.3 Å². The molecular weight excluding hydrogens is 433 g/mol. The molecule has 164 valence electrons. The zero-order chi connectivity index (χ0) is 22.5. The smallest absolute Gasteiger partial charge is 0.161 e. The van der Waals surface area contributed by atoms with Crippen molar-refractivity contribution in [1.29, 1.82) is 0 Å². The SMILES string of the molecule is CCOc1cc2c(Nc3ccc(OCc4cccc(F)c4)c(Cl)c3)nncc2cc1OC. The highest BCUT2D eigenvalue weighted by Crippen LogP contribution is 2.36. The van der Waals surface area contributed by atoms with Gasteiger partial charge in [-0.25, -0.2) is 4.39 Å². The summed E-state index contributed by atoms with van der Waals surface area (Å²) in [7, 11) is 1.59. The topological polar surface area (TPSA) is 65.5 Å². The number of benzene rings is 3. The quantitative estimate of drug-likeness (QED) is 0.345. The third kappa shape index (κ3) is 4.84. The van der Waals surface area contributed by atoms with Crippen LogP contribution in [0.3, 0.4) is 0 Å². The largest absolute Gasteiger partial charge is 0.493 e. The summed E-state index contributed by atoms with van der Waals surface area (Å²) in [6.07, 6.45) is 1.66. The maximum Gasteiger partial charge on any atom is 0.161 e. The van der Waals surface area contributed by atoms with Crippen molar-refractivity contribution in [3.05, 3.63) is 77.2 Å². The maximum absolute atomic E-state index is 13.3. The van der Waals surface area contributed by atoms with Crippen molar-refractivity contribution in [2.24, 2.45) is 0 Å². The third-order valence-corrected chi connectivity index (χ3v) is 5.02. The first kappa shape index (κ1) is 21.6. The van der Waals surface area contributed by atoms with Gasteiger partial charge >= 0.3 is 0 Å². The molecule has 0 bridgehead atoms. The summed E-state index contributed by atoms with van der Waals surface area (Å²) in [5.41, 5.74) is 1.43. The van der Waals surface area contributed by atoms with Gasteiger partial charge in [0.25, 0.3) is 0 Å². The Bertz CT molecular complexity index is 1250. The number of halogens is 2. The van der Waals surface area contributed by atoms with Crippen LogP contribution in [-0.2, 0) is 6.61 Å². The normalized spacial score (nSPS) is 10.8. The summed E-state index contributed by atoms with van der Waals surface area (Å²) in [4.78, 5) is 0. The molecule has 4 rings (SSSR count). The van der Waals surface area contributed by atoms with Gasteiger partial charge in [-0.15, -0.1) is 5.10 Å². The minimum atomic E-state index is -0.307. The van der Waals surface area contributed by atoms with E-state index in [1.54, 1.807) is 37.6 Å². The summed E-state index contributed by atoms with van der Waals surface area (Å²) < 4.78 is 30.2. The van der Waals surface area contributed by atoms with Crippen LogP contribution in [0.1, 0.15) is 12.5 Å².